The summed E-state index contributed by atoms with van der Waals surface area (Å²) in [6, 6.07) is 0.762. The quantitative estimate of drug-likeness (QED) is 0.804. The monoisotopic (exact) mass is 297 g/mol. The highest BCUT2D eigenvalue weighted by Gasteiger charge is 2.41. The van der Waals surface area contributed by atoms with Crippen molar-refractivity contribution in [2.45, 2.75) is 69.9 Å². The molecule has 1 N–H and O–H groups in total. The van der Waals surface area contributed by atoms with Crippen molar-refractivity contribution < 1.29 is 4.74 Å². The van der Waals surface area contributed by atoms with E-state index in [0.717, 1.165) is 24.5 Å². The van der Waals surface area contributed by atoms with Crippen LogP contribution in [-0.4, -0.2) is 36.3 Å². The lowest BCUT2D eigenvalue weighted by Crippen LogP contribution is -2.48. The molecule has 3 aliphatic rings. The van der Waals surface area contributed by atoms with Crippen LogP contribution in [0.25, 0.3) is 0 Å². The molecule has 0 amide bonds. The van der Waals surface area contributed by atoms with Crippen molar-refractivity contribution in [1.82, 2.24) is 5.32 Å². The first-order valence-corrected chi connectivity index (χ1v) is 9.92. The maximum atomic E-state index is 6.27. The van der Waals surface area contributed by atoms with Crippen molar-refractivity contribution in [2.24, 2.45) is 11.8 Å². The van der Waals surface area contributed by atoms with Gasteiger partial charge in [0.15, 0.2) is 0 Å². The standard InChI is InChI=1S/C17H31NOS/c1-2-8-18-16(12-14-3-4-14)15-5-9-19-17(13-15)6-10-20-11-7-17/h14-16,18H,2-13H2,1H3. The lowest BCUT2D eigenvalue weighted by molar-refractivity contribution is -0.107. The van der Waals surface area contributed by atoms with E-state index in [0.29, 0.717) is 0 Å². The van der Waals surface area contributed by atoms with Gasteiger partial charge < -0.3 is 10.1 Å². The van der Waals surface area contributed by atoms with Crippen LogP contribution < -0.4 is 5.32 Å². The summed E-state index contributed by atoms with van der Waals surface area (Å²) in [6.07, 6.45) is 10.8. The second-order valence-electron chi connectivity index (χ2n) is 7.14. The Morgan fingerprint density at radius 3 is 2.75 bits per heavy atom. The van der Waals surface area contributed by atoms with Crippen LogP contribution in [-0.2, 0) is 4.74 Å². The fourth-order valence-electron chi connectivity index (χ4n) is 3.99. The number of thioether (sulfide) groups is 1. The molecule has 3 heteroatoms. The van der Waals surface area contributed by atoms with E-state index < -0.39 is 0 Å². The van der Waals surface area contributed by atoms with Gasteiger partial charge in [-0.25, -0.2) is 0 Å². The highest BCUT2D eigenvalue weighted by Crippen LogP contribution is 2.43. The minimum Gasteiger partial charge on any atom is -0.375 e. The van der Waals surface area contributed by atoms with E-state index >= 15 is 0 Å². The smallest absolute Gasteiger partial charge is 0.0701 e. The zero-order chi connectivity index (χ0) is 13.8. The predicted molar refractivity (Wildman–Crippen MR) is 87.4 cm³/mol. The molecule has 0 radical (unpaired) electrons. The molecule has 1 spiro atoms. The third-order valence-corrected chi connectivity index (χ3v) is 6.43. The van der Waals surface area contributed by atoms with Crippen LogP contribution in [0.5, 0.6) is 0 Å². The van der Waals surface area contributed by atoms with Gasteiger partial charge in [0.25, 0.3) is 0 Å². The first-order chi connectivity index (χ1) is 9.81. The normalized spacial score (nSPS) is 31.4. The molecule has 0 aromatic rings. The lowest BCUT2D eigenvalue weighted by Gasteiger charge is -2.45. The second-order valence-corrected chi connectivity index (χ2v) is 8.36. The van der Waals surface area contributed by atoms with Crippen LogP contribution >= 0.6 is 11.8 Å². The van der Waals surface area contributed by atoms with Crippen molar-refractivity contribution in [3.8, 4) is 0 Å². The van der Waals surface area contributed by atoms with Crippen LogP contribution in [0.4, 0.5) is 0 Å². The van der Waals surface area contributed by atoms with Gasteiger partial charge in [-0.3, -0.25) is 0 Å². The second kappa shape index (κ2) is 7.02. The summed E-state index contributed by atoms with van der Waals surface area (Å²) < 4.78 is 6.27. The largest absolute Gasteiger partial charge is 0.375 e. The first-order valence-electron chi connectivity index (χ1n) is 8.76. The predicted octanol–water partition coefficient (Wildman–Crippen LogP) is 3.85. The van der Waals surface area contributed by atoms with Crippen LogP contribution in [0.15, 0.2) is 0 Å². The van der Waals surface area contributed by atoms with Crippen molar-refractivity contribution in [3.63, 3.8) is 0 Å². The lowest BCUT2D eigenvalue weighted by atomic mass is 9.77. The number of hydrogen-bond acceptors (Lipinski definition) is 3. The van der Waals surface area contributed by atoms with E-state index in [4.69, 9.17) is 4.74 Å². The summed E-state index contributed by atoms with van der Waals surface area (Å²) in [6.45, 7) is 4.48. The van der Waals surface area contributed by atoms with E-state index in [1.54, 1.807) is 0 Å². The minimum atomic E-state index is 0.254. The topological polar surface area (TPSA) is 21.3 Å². The van der Waals surface area contributed by atoms with Gasteiger partial charge in [-0.05, 0) is 68.4 Å². The van der Waals surface area contributed by atoms with Crippen LogP contribution in [0, 0.1) is 11.8 Å². The fraction of sp³-hybridized carbons (Fsp3) is 1.00. The van der Waals surface area contributed by atoms with E-state index in [1.165, 1.54) is 69.4 Å². The van der Waals surface area contributed by atoms with Crippen molar-refractivity contribution in [3.05, 3.63) is 0 Å². The molecule has 2 heterocycles. The van der Waals surface area contributed by atoms with Crippen LogP contribution in [0.2, 0.25) is 0 Å². The van der Waals surface area contributed by atoms with Crippen molar-refractivity contribution in [1.29, 1.82) is 0 Å². The summed E-state index contributed by atoms with van der Waals surface area (Å²) in [4.78, 5) is 0. The molecule has 2 aliphatic heterocycles. The molecule has 116 valence electrons. The van der Waals surface area contributed by atoms with Crippen LogP contribution in [0.1, 0.15) is 58.3 Å². The molecule has 2 unspecified atom stereocenters. The van der Waals surface area contributed by atoms with E-state index in [2.05, 4.69) is 24.0 Å². The van der Waals surface area contributed by atoms with Gasteiger partial charge in [-0.1, -0.05) is 19.8 Å². The first kappa shape index (κ1) is 15.2. The maximum absolute atomic E-state index is 6.27. The highest BCUT2D eigenvalue weighted by molar-refractivity contribution is 7.99. The Morgan fingerprint density at radius 2 is 2.05 bits per heavy atom. The van der Waals surface area contributed by atoms with Crippen LogP contribution in [0.3, 0.4) is 0 Å². The Bertz CT molecular complexity index is 294. The summed E-state index contributed by atoms with van der Waals surface area (Å²) in [5.41, 5.74) is 0.254. The average molecular weight is 298 g/mol. The summed E-state index contributed by atoms with van der Waals surface area (Å²) in [5.74, 6) is 4.51. The molecule has 2 atom stereocenters. The molecule has 3 fully saturated rings. The zero-order valence-electron chi connectivity index (χ0n) is 13.0. The minimum absolute atomic E-state index is 0.254. The number of rotatable bonds is 6. The van der Waals surface area contributed by atoms with E-state index in [1.807, 2.05) is 0 Å². The van der Waals surface area contributed by atoms with Gasteiger partial charge in [0, 0.05) is 12.6 Å². The number of ether oxygens (including phenoxy) is 1. The molecule has 0 aromatic heterocycles. The molecule has 2 nitrogen and oxygen atoms in total. The van der Waals surface area contributed by atoms with Gasteiger partial charge in [0.2, 0.25) is 0 Å². The molecule has 0 bridgehead atoms. The van der Waals surface area contributed by atoms with Gasteiger partial charge in [-0.15, -0.1) is 0 Å². The van der Waals surface area contributed by atoms with Gasteiger partial charge in [0.1, 0.15) is 0 Å². The number of nitrogens with one attached hydrogen (secondary N) is 1. The van der Waals surface area contributed by atoms with Crippen molar-refractivity contribution >= 4 is 11.8 Å². The molecule has 2 saturated heterocycles. The number of hydrogen-bond donors (Lipinski definition) is 1. The summed E-state index contributed by atoms with van der Waals surface area (Å²) in [7, 11) is 0. The molecular formula is C17H31NOS. The molecule has 20 heavy (non-hydrogen) atoms. The third kappa shape index (κ3) is 3.92. The fourth-order valence-corrected chi connectivity index (χ4v) is 5.22. The molecule has 3 rings (SSSR count). The Labute approximate surface area is 128 Å². The molecule has 1 saturated carbocycles. The Kier molecular flexibility index (Phi) is 5.33. The Hall–Kier alpha value is 0.270. The Balaban J connectivity index is 1.59. The SMILES string of the molecule is CCCNC(CC1CC1)C1CCOC2(CCSCC2)C1. The molecule has 1 aliphatic carbocycles. The van der Waals surface area contributed by atoms with Gasteiger partial charge in [-0.2, -0.15) is 11.8 Å². The third-order valence-electron chi connectivity index (χ3n) is 5.44. The maximum Gasteiger partial charge on any atom is 0.0701 e. The molecule has 0 aromatic carbocycles. The zero-order valence-corrected chi connectivity index (χ0v) is 13.9. The average Bonchev–Trinajstić information content (AvgIpc) is 3.28. The summed E-state index contributed by atoms with van der Waals surface area (Å²) >= 11 is 2.11. The highest BCUT2D eigenvalue weighted by atomic mass is 32.2. The Morgan fingerprint density at radius 1 is 1.25 bits per heavy atom. The van der Waals surface area contributed by atoms with Gasteiger partial charge >= 0.3 is 0 Å². The van der Waals surface area contributed by atoms with Crippen molar-refractivity contribution in [2.75, 3.05) is 24.7 Å². The van der Waals surface area contributed by atoms with E-state index in [-0.39, 0.29) is 5.60 Å². The summed E-state index contributed by atoms with van der Waals surface area (Å²) in [5, 5.41) is 3.87. The molecular weight excluding hydrogens is 266 g/mol. The van der Waals surface area contributed by atoms with E-state index in [9.17, 15) is 0 Å². The van der Waals surface area contributed by atoms with Gasteiger partial charge in [0.05, 0.1) is 5.60 Å².